The van der Waals surface area contributed by atoms with Crippen molar-refractivity contribution in [2.75, 3.05) is 12.4 Å². The van der Waals surface area contributed by atoms with Crippen LogP contribution >= 0.6 is 0 Å². The molecule has 23 heavy (non-hydrogen) atoms. The van der Waals surface area contributed by atoms with Gasteiger partial charge in [-0.25, -0.2) is 0 Å². The van der Waals surface area contributed by atoms with E-state index in [0.29, 0.717) is 22.2 Å². The maximum Gasteiger partial charge on any atom is 0.270 e. The molecule has 2 aromatic carbocycles. The van der Waals surface area contributed by atoms with Crippen LogP contribution < -0.4 is 10.1 Å². The van der Waals surface area contributed by atoms with Crippen molar-refractivity contribution in [2.45, 2.75) is 0 Å². The summed E-state index contributed by atoms with van der Waals surface area (Å²) in [6, 6.07) is 10.9. The first-order chi connectivity index (χ1) is 11.1. The van der Waals surface area contributed by atoms with E-state index in [1.807, 2.05) is 0 Å². The molecule has 8 heteroatoms. The number of fused-ring (bicyclic) bond motifs is 1. The number of rotatable bonds is 4. The van der Waals surface area contributed by atoms with Crippen LogP contribution in [0.3, 0.4) is 0 Å². The molecule has 0 aliphatic carbocycles. The number of carbonyl (C=O) groups is 1. The molecule has 0 fully saturated rings. The Bertz CT molecular complexity index is 886. The van der Waals surface area contributed by atoms with Crippen molar-refractivity contribution in [3.8, 4) is 5.75 Å². The van der Waals surface area contributed by atoms with Gasteiger partial charge in [0.1, 0.15) is 5.75 Å². The smallest absolute Gasteiger partial charge is 0.270 e. The summed E-state index contributed by atoms with van der Waals surface area (Å²) < 4.78 is 5.04. The lowest BCUT2D eigenvalue weighted by Crippen LogP contribution is -2.12. The molecule has 1 amide bonds. The van der Waals surface area contributed by atoms with E-state index in [1.54, 1.807) is 30.3 Å². The molecule has 1 heterocycles. The molecule has 0 saturated carbocycles. The number of carbonyl (C=O) groups excluding carboxylic acids is 1. The molecule has 3 rings (SSSR count). The number of hydrogen-bond acceptors (Lipinski definition) is 5. The Morgan fingerprint density at radius 2 is 2.00 bits per heavy atom. The number of hydrogen-bond donors (Lipinski definition) is 2. The van der Waals surface area contributed by atoms with Gasteiger partial charge in [0.25, 0.3) is 11.6 Å². The molecule has 0 spiro atoms. The number of amides is 1. The number of methoxy groups -OCH3 is 1. The second-order valence-electron chi connectivity index (χ2n) is 4.74. The normalized spacial score (nSPS) is 10.5. The van der Waals surface area contributed by atoms with E-state index < -0.39 is 4.92 Å². The Kier molecular flexibility index (Phi) is 3.63. The Labute approximate surface area is 130 Å². The summed E-state index contributed by atoms with van der Waals surface area (Å²) in [4.78, 5) is 22.6. The minimum atomic E-state index is -0.498. The summed E-state index contributed by atoms with van der Waals surface area (Å²) in [5.41, 5.74) is 0.951. The van der Waals surface area contributed by atoms with Crippen molar-refractivity contribution in [1.82, 2.24) is 10.2 Å². The Hall–Kier alpha value is -3.42. The molecule has 0 atom stereocenters. The molecular weight excluding hydrogens is 300 g/mol. The minimum Gasteiger partial charge on any atom is -0.497 e. The first-order valence-corrected chi connectivity index (χ1v) is 6.66. The van der Waals surface area contributed by atoms with E-state index >= 15 is 0 Å². The first-order valence-electron chi connectivity index (χ1n) is 6.66. The first kappa shape index (κ1) is 14.5. The van der Waals surface area contributed by atoms with Crippen LogP contribution in [0.15, 0.2) is 42.5 Å². The third-order valence-electron chi connectivity index (χ3n) is 3.34. The number of benzene rings is 2. The molecule has 0 aliphatic rings. The highest BCUT2D eigenvalue weighted by Crippen LogP contribution is 2.25. The monoisotopic (exact) mass is 312 g/mol. The zero-order valence-electron chi connectivity index (χ0n) is 12.1. The standard InChI is InChI=1S/C15H12N4O4/c1-23-11-5-2-9(3-6-11)15(20)16-14-12-8-10(19(21)22)4-7-13(12)17-18-14/h2-8H,1H3,(H2,16,17,18,20). The van der Waals surface area contributed by atoms with Crippen molar-refractivity contribution in [2.24, 2.45) is 0 Å². The molecule has 0 aliphatic heterocycles. The van der Waals surface area contributed by atoms with E-state index in [0.717, 1.165) is 0 Å². The maximum absolute atomic E-state index is 12.2. The van der Waals surface area contributed by atoms with Gasteiger partial charge in [0.2, 0.25) is 0 Å². The average Bonchev–Trinajstić information content (AvgIpc) is 2.97. The fourth-order valence-electron chi connectivity index (χ4n) is 2.13. The fraction of sp³-hybridized carbons (Fsp3) is 0.0667. The summed E-state index contributed by atoms with van der Waals surface area (Å²) in [5.74, 6) is 0.513. The molecule has 0 bridgehead atoms. The Morgan fingerprint density at radius 1 is 1.26 bits per heavy atom. The van der Waals surface area contributed by atoms with Crippen LogP contribution in [0.25, 0.3) is 10.9 Å². The number of non-ortho nitro benzene ring substituents is 1. The summed E-state index contributed by atoms with van der Waals surface area (Å²) >= 11 is 0. The van der Waals surface area contributed by atoms with Crippen molar-refractivity contribution in [1.29, 1.82) is 0 Å². The number of nitrogens with zero attached hydrogens (tertiary/aromatic N) is 2. The van der Waals surface area contributed by atoms with Crippen LogP contribution in [-0.2, 0) is 0 Å². The quantitative estimate of drug-likeness (QED) is 0.568. The Balaban J connectivity index is 1.89. The van der Waals surface area contributed by atoms with Crippen molar-refractivity contribution in [3.63, 3.8) is 0 Å². The van der Waals surface area contributed by atoms with Crippen LogP contribution in [-0.4, -0.2) is 28.1 Å². The summed E-state index contributed by atoms with van der Waals surface area (Å²) in [5, 5.41) is 20.7. The summed E-state index contributed by atoms with van der Waals surface area (Å²) in [6.45, 7) is 0. The summed E-state index contributed by atoms with van der Waals surface area (Å²) in [7, 11) is 1.54. The number of nitro benzene ring substituents is 1. The number of anilines is 1. The third kappa shape index (κ3) is 2.82. The van der Waals surface area contributed by atoms with Crippen LogP contribution in [0, 0.1) is 10.1 Å². The topological polar surface area (TPSA) is 110 Å². The second-order valence-corrected chi connectivity index (χ2v) is 4.74. The highest BCUT2D eigenvalue weighted by atomic mass is 16.6. The fourth-order valence-corrected chi connectivity index (χ4v) is 2.13. The zero-order chi connectivity index (χ0) is 16.4. The van der Waals surface area contributed by atoms with E-state index in [9.17, 15) is 14.9 Å². The number of aromatic amines is 1. The van der Waals surface area contributed by atoms with Gasteiger partial charge in [-0.2, -0.15) is 5.10 Å². The van der Waals surface area contributed by atoms with Crippen LogP contribution in [0.4, 0.5) is 11.5 Å². The average molecular weight is 312 g/mol. The molecule has 3 aromatic rings. The van der Waals surface area contributed by atoms with Gasteiger partial charge < -0.3 is 10.1 Å². The molecule has 2 N–H and O–H groups in total. The molecular formula is C15H12N4O4. The number of nitrogens with one attached hydrogen (secondary N) is 2. The molecule has 1 aromatic heterocycles. The summed E-state index contributed by atoms with van der Waals surface area (Å²) in [6.07, 6.45) is 0. The highest BCUT2D eigenvalue weighted by molar-refractivity contribution is 6.08. The molecule has 0 saturated heterocycles. The number of ether oxygens (including phenoxy) is 1. The van der Waals surface area contributed by atoms with Crippen LogP contribution in [0.5, 0.6) is 5.75 Å². The van der Waals surface area contributed by atoms with Gasteiger partial charge in [0, 0.05) is 17.7 Å². The lowest BCUT2D eigenvalue weighted by atomic mass is 10.2. The van der Waals surface area contributed by atoms with Crippen molar-refractivity contribution < 1.29 is 14.5 Å². The lowest BCUT2D eigenvalue weighted by Gasteiger charge is -2.04. The van der Waals surface area contributed by atoms with Crippen molar-refractivity contribution in [3.05, 3.63) is 58.1 Å². The van der Waals surface area contributed by atoms with E-state index in [1.165, 1.54) is 19.2 Å². The van der Waals surface area contributed by atoms with Gasteiger partial charge >= 0.3 is 0 Å². The number of H-pyrrole nitrogens is 1. The van der Waals surface area contributed by atoms with Gasteiger partial charge in [-0.05, 0) is 30.3 Å². The Morgan fingerprint density at radius 3 is 2.65 bits per heavy atom. The lowest BCUT2D eigenvalue weighted by molar-refractivity contribution is -0.384. The van der Waals surface area contributed by atoms with Gasteiger partial charge in [0.15, 0.2) is 5.82 Å². The number of nitro groups is 1. The van der Waals surface area contributed by atoms with Gasteiger partial charge in [-0.1, -0.05) is 0 Å². The second kappa shape index (κ2) is 5.76. The predicted molar refractivity (Wildman–Crippen MR) is 83.7 cm³/mol. The number of aromatic nitrogens is 2. The SMILES string of the molecule is COc1ccc(C(=O)Nc2n[nH]c3ccc([N+](=O)[O-])cc23)cc1. The van der Waals surface area contributed by atoms with Crippen LogP contribution in [0.2, 0.25) is 0 Å². The van der Waals surface area contributed by atoms with Crippen LogP contribution in [0.1, 0.15) is 10.4 Å². The van der Waals surface area contributed by atoms with Gasteiger partial charge in [-0.15, -0.1) is 0 Å². The van der Waals surface area contributed by atoms with E-state index in [4.69, 9.17) is 4.74 Å². The largest absolute Gasteiger partial charge is 0.497 e. The minimum absolute atomic E-state index is 0.0705. The van der Waals surface area contributed by atoms with E-state index in [-0.39, 0.29) is 17.4 Å². The molecule has 8 nitrogen and oxygen atoms in total. The molecule has 0 radical (unpaired) electrons. The molecule has 0 unspecified atom stereocenters. The third-order valence-corrected chi connectivity index (χ3v) is 3.34. The highest BCUT2D eigenvalue weighted by Gasteiger charge is 2.14. The zero-order valence-corrected chi connectivity index (χ0v) is 12.1. The predicted octanol–water partition coefficient (Wildman–Crippen LogP) is 2.73. The maximum atomic E-state index is 12.2. The van der Waals surface area contributed by atoms with Crippen molar-refractivity contribution >= 4 is 28.3 Å². The van der Waals surface area contributed by atoms with E-state index in [2.05, 4.69) is 15.5 Å². The molecule has 116 valence electrons. The van der Waals surface area contributed by atoms with Gasteiger partial charge in [-0.3, -0.25) is 20.0 Å². The van der Waals surface area contributed by atoms with Gasteiger partial charge in [0.05, 0.1) is 22.9 Å².